The van der Waals surface area contributed by atoms with Gasteiger partial charge < -0.3 is 15.2 Å². The molecule has 21 heavy (non-hydrogen) atoms. The molecule has 2 N–H and O–H groups in total. The van der Waals surface area contributed by atoms with Crippen LogP contribution < -0.4 is 10.1 Å². The Hall–Kier alpha value is -1.37. The van der Waals surface area contributed by atoms with E-state index in [2.05, 4.69) is 21.2 Å². The highest BCUT2D eigenvalue weighted by atomic mass is 79.9. The van der Waals surface area contributed by atoms with Gasteiger partial charge in [0.05, 0.1) is 19.6 Å². The van der Waals surface area contributed by atoms with Crippen LogP contribution in [0.25, 0.3) is 0 Å². The zero-order chi connectivity index (χ0) is 15.2. The Morgan fingerprint density at radius 2 is 2.29 bits per heavy atom. The molecule has 0 bridgehead atoms. The Bertz CT molecular complexity index is 601. The smallest absolute Gasteiger partial charge is 0.305 e. The average Bonchev–Trinajstić information content (AvgIpc) is 2.97. The summed E-state index contributed by atoms with van der Waals surface area (Å²) in [7, 11) is 1.63. The molecule has 0 saturated carbocycles. The SMILES string of the molecule is COc1ccc(Br)cc1CNC(CC(=O)O)c1cccs1. The van der Waals surface area contributed by atoms with Crippen molar-refractivity contribution in [3.8, 4) is 5.75 Å². The highest BCUT2D eigenvalue weighted by Gasteiger charge is 2.16. The van der Waals surface area contributed by atoms with Gasteiger partial charge in [0.25, 0.3) is 0 Å². The number of methoxy groups -OCH3 is 1. The predicted octanol–water partition coefficient (Wildman–Crippen LogP) is 3.82. The van der Waals surface area contributed by atoms with Crippen LogP contribution in [0.4, 0.5) is 0 Å². The Morgan fingerprint density at radius 3 is 2.90 bits per heavy atom. The number of halogens is 1. The molecule has 1 atom stereocenters. The quantitative estimate of drug-likeness (QED) is 0.778. The second kappa shape index (κ2) is 7.59. The number of carboxylic acid groups (broad SMARTS) is 1. The number of thiophene rings is 1. The zero-order valence-corrected chi connectivity index (χ0v) is 13.9. The molecule has 1 heterocycles. The molecule has 112 valence electrons. The Balaban J connectivity index is 2.11. The van der Waals surface area contributed by atoms with Crippen LogP contribution >= 0.6 is 27.3 Å². The van der Waals surface area contributed by atoms with Crippen molar-refractivity contribution in [2.75, 3.05) is 7.11 Å². The third kappa shape index (κ3) is 4.56. The van der Waals surface area contributed by atoms with Crippen LogP contribution in [-0.4, -0.2) is 18.2 Å². The fourth-order valence-corrected chi connectivity index (χ4v) is 3.27. The van der Waals surface area contributed by atoms with Gasteiger partial charge >= 0.3 is 5.97 Å². The lowest BCUT2D eigenvalue weighted by Crippen LogP contribution is -2.23. The van der Waals surface area contributed by atoms with E-state index in [1.54, 1.807) is 18.4 Å². The summed E-state index contributed by atoms with van der Waals surface area (Å²) in [6.07, 6.45) is 0.0524. The lowest BCUT2D eigenvalue weighted by molar-refractivity contribution is -0.137. The molecule has 1 aromatic carbocycles. The first-order valence-corrected chi connectivity index (χ1v) is 8.08. The normalized spacial score (nSPS) is 12.1. The molecule has 1 unspecified atom stereocenters. The molecule has 1 aromatic heterocycles. The van der Waals surface area contributed by atoms with E-state index in [-0.39, 0.29) is 12.5 Å². The molecule has 0 aliphatic carbocycles. The molecule has 6 heteroatoms. The topological polar surface area (TPSA) is 58.6 Å². The summed E-state index contributed by atoms with van der Waals surface area (Å²) >= 11 is 4.99. The van der Waals surface area contributed by atoms with Gasteiger partial charge in [-0.2, -0.15) is 0 Å². The van der Waals surface area contributed by atoms with Gasteiger partial charge in [-0.3, -0.25) is 4.79 Å². The van der Waals surface area contributed by atoms with Crippen LogP contribution in [0.3, 0.4) is 0 Å². The number of hydrogen-bond acceptors (Lipinski definition) is 4. The monoisotopic (exact) mass is 369 g/mol. The molecule has 4 nitrogen and oxygen atoms in total. The van der Waals surface area contributed by atoms with Crippen LogP contribution in [0.1, 0.15) is 22.9 Å². The van der Waals surface area contributed by atoms with Crippen molar-refractivity contribution in [2.24, 2.45) is 0 Å². The fraction of sp³-hybridized carbons (Fsp3) is 0.267. The summed E-state index contributed by atoms with van der Waals surface area (Å²) in [5.74, 6) is -0.0342. The largest absolute Gasteiger partial charge is 0.496 e. The minimum absolute atomic E-state index is 0.0524. The van der Waals surface area contributed by atoms with Gasteiger partial charge in [-0.05, 0) is 29.6 Å². The van der Waals surface area contributed by atoms with Gasteiger partial charge in [-0.25, -0.2) is 0 Å². The Morgan fingerprint density at radius 1 is 1.48 bits per heavy atom. The predicted molar refractivity (Wildman–Crippen MR) is 86.8 cm³/mol. The van der Waals surface area contributed by atoms with E-state index in [1.807, 2.05) is 35.7 Å². The molecule has 0 fully saturated rings. The summed E-state index contributed by atoms with van der Waals surface area (Å²) in [6, 6.07) is 9.44. The van der Waals surface area contributed by atoms with Gasteiger partial charge in [0, 0.05) is 21.5 Å². The van der Waals surface area contributed by atoms with E-state index in [4.69, 9.17) is 9.84 Å². The van der Waals surface area contributed by atoms with Crippen molar-refractivity contribution < 1.29 is 14.6 Å². The summed E-state index contributed by atoms with van der Waals surface area (Å²) in [6.45, 7) is 0.540. The maximum atomic E-state index is 11.0. The maximum absolute atomic E-state index is 11.0. The van der Waals surface area contributed by atoms with Gasteiger partial charge in [0.2, 0.25) is 0 Å². The van der Waals surface area contributed by atoms with Gasteiger partial charge in [-0.15, -0.1) is 11.3 Å². The average molecular weight is 370 g/mol. The van der Waals surface area contributed by atoms with Crippen molar-refractivity contribution in [1.82, 2.24) is 5.32 Å². The van der Waals surface area contributed by atoms with Crippen LogP contribution in [0.2, 0.25) is 0 Å². The molecular formula is C15H16BrNO3S. The van der Waals surface area contributed by atoms with Gasteiger partial charge in [-0.1, -0.05) is 22.0 Å². The number of carboxylic acids is 1. The molecule has 0 saturated heterocycles. The van der Waals surface area contributed by atoms with Gasteiger partial charge in [0.1, 0.15) is 5.75 Å². The third-order valence-corrected chi connectivity index (χ3v) is 4.53. The van der Waals surface area contributed by atoms with Crippen LogP contribution in [0.5, 0.6) is 5.75 Å². The van der Waals surface area contributed by atoms with Crippen LogP contribution in [0.15, 0.2) is 40.2 Å². The van der Waals surface area contributed by atoms with Crippen molar-refractivity contribution in [3.05, 3.63) is 50.6 Å². The second-order valence-electron chi connectivity index (χ2n) is 4.50. The molecule has 0 aliphatic heterocycles. The summed E-state index contributed by atoms with van der Waals surface area (Å²) in [5, 5.41) is 14.3. The lowest BCUT2D eigenvalue weighted by atomic mass is 10.1. The number of rotatable bonds is 7. The van der Waals surface area contributed by atoms with E-state index in [0.29, 0.717) is 6.54 Å². The molecule has 0 radical (unpaired) electrons. The number of nitrogens with one attached hydrogen (secondary N) is 1. The minimum atomic E-state index is -0.817. The van der Waals surface area contributed by atoms with Crippen molar-refractivity contribution >= 4 is 33.2 Å². The standard InChI is InChI=1S/C15H16BrNO3S/c1-20-13-5-4-11(16)7-10(13)9-17-12(8-15(18)19)14-3-2-6-21-14/h2-7,12,17H,8-9H2,1H3,(H,18,19). The molecule has 2 rings (SSSR count). The minimum Gasteiger partial charge on any atom is -0.496 e. The van der Waals surface area contributed by atoms with Crippen molar-refractivity contribution in [3.63, 3.8) is 0 Å². The molecular weight excluding hydrogens is 354 g/mol. The molecule has 0 spiro atoms. The lowest BCUT2D eigenvalue weighted by Gasteiger charge is -2.17. The van der Waals surface area contributed by atoms with E-state index in [1.165, 1.54) is 0 Å². The Kier molecular flexibility index (Phi) is 5.78. The molecule has 0 aliphatic rings. The second-order valence-corrected chi connectivity index (χ2v) is 6.40. The van der Waals surface area contributed by atoms with Crippen LogP contribution in [0, 0.1) is 0 Å². The first-order chi connectivity index (χ1) is 10.1. The number of aliphatic carboxylic acids is 1. The van der Waals surface area contributed by atoms with Crippen molar-refractivity contribution in [2.45, 2.75) is 19.0 Å². The summed E-state index contributed by atoms with van der Waals surface area (Å²) in [5.41, 5.74) is 0.985. The van der Waals surface area contributed by atoms with E-state index in [0.717, 1.165) is 20.7 Å². The summed E-state index contributed by atoms with van der Waals surface area (Å²) in [4.78, 5) is 12.0. The fourth-order valence-electron chi connectivity index (χ4n) is 2.06. The molecule has 2 aromatic rings. The van der Waals surface area contributed by atoms with E-state index in [9.17, 15) is 4.79 Å². The van der Waals surface area contributed by atoms with Crippen molar-refractivity contribution in [1.29, 1.82) is 0 Å². The first-order valence-electron chi connectivity index (χ1n) is 6.41. The Labute approximate surface area is 135 Å². The number of benzene rings is 1. The maximum Gasteiger partial charge on any atom is 0.305 e. The highest BCUT2D eigenvalue weighted by molar-refractivity contribution is 9.10. The third-order valence-electron chi connectivity index (χ3n) is 3.05. The number of carbonyl (C=O) groups is 1. The number of hydrogen-bond donors (Lipinski definition) is 2. The molecule has 0 amide bonds. The van der Waals surface area contributed by atoms with E-state index >= 15 is 0 Å². The zero-order valence-electron chi connectivity index (χ0n) is 11.5. The summed E-state index contributed by atoms with van der Waals surface area (Å²) < 4.78 is 6.29. The van der Waals surface area contributed by atoms with Crippen LogP contribution in [-0.2, 0) is 11.3 Å². The van der Waals surface area contributed by atoms with Gasteiger partial charge in [0.15, 0.2) is 0 Å². The first kappa shape index (κ1) is 16.0. The number of ether oxygens (including phenoxy) is 1. The van der Waals surface area contributed by atoms with E-state index < -0.39 is 5.97 Å². The highest BCUT2D eigenvalue weighted by Crippen LogP contribution is 2.26.